The lowest BCUT2D eigenvalue weighted by atomic mass is 10.1. The highest BCUT2D eigenvalue weighted by Crippen LogP contribution is 2.14. The fourth-order valence-corrected chi connectivity index (χ4v) is 7.32. The number of esters is 2. The van der Waals surface area contributed by atoms with Crippen LogP contribution in [-0.4, -0.2) is 92.2 Å². The largest absolute Gasteiger partial charge is 0.464 e. The first-order chi connectivity index (χ1) is 23.8. The smallest absolute Gasteiger partial charge is 0.305 e. The molecule has 0 aromatic carbocycles. The zero-order valence-corrected chi connectivity index (χ0v) is 34.0. The summed E-state index contributed by atoms with van der Waals surface area (Å²) >= 11 is 1.65. The van der Waals surface area contributed by atoms with Crippen molar-refractivity contribution in [3.63, 3.8) is 0 Å². The molecule has 0 aliphatic rings. The molecule has 0 aliphatic carbocycles. The van der Waals surface area contributed by atoms with E-state index in [1.165, 1.54) is 116 Å². The van der Waals surface area contributed by atoms with E-state index in [-0.39, 0.29) is 31.1 Å². The van der Waals surface area contributed by atoms with Gasteiger partial charge in [0.15, 0.2) is 0 Å². The molecule has 8 heteroatoms. The van der Waals surface area contributed by atoms with Crippen molar-refractivity contribution in [2.45, 2.75) is 181 Å². The van der Waals surface area contributed by atoms with Gasteiger partial charge in [-0.25, -0.2) is 0 Å². The van der Waals surface area contributed by atoms with Gasteiger partial charge in [0, 0.05) is 18.6 Å². The molecule has 1 amide bonds. The topological polar surface area (TPSA) is 72.9 Å². The van der Waals surface area contributed by atoms with Gasteiger partial charge in [0.05, 0.1) is 46.0 Å². The first-order valence-corrected chi connectivity index (χ1v) is 21.9. The van der Waals surface area contributed by atoms with E-state index in [4.69, 9.17) is 9.47 Å². The van der Waals surface area contributed by atoms with Gasteiger partial charge in [0.2, 0.25) is 5.91 Å². The number of nitrogens with zero attached hydrogens (tertiary/aromatic N) is 2. The predicted octanol–water partition coefficient (Wildman–Crippen LogP) is 10.5. The molecular formula is C41H81N2O5S+. The molecule has 0 heterocycles. The van der Waals surface area contributed by atoms with Crippen LogP contribution in [0.25, 0.3) is 0 Å². The highest BCUT2D eigenvalue weighted by Gasteiger charge is 2.18. The minimum atomic E-state index is -0.188. The number of ether oxygens (including phenoxy) is 2. The minimum Gasteiger partial charge on any atom is -0.464 e. The Morgan fingerprint density at radius 3 is 1.24 bits per heavy atom. The Balaban J connectivity index is 4.34. The number of hydrogen-bond acceptors (Lipinski definition) is 6. The summed E-state index contributed by atoms with van der Waals surface area (Å²) in [5.41, 5.74) is 0. The number of amides is 1. The summed E-state index contributed by atoms with van der Waals surface area (Å²) in [6.07, 6.45) is 29.4. The fourth-order valence-electron chi connectivity index (χ4n) is 6.19. The van der Waals surface area contributed by atoms with Crippen LogP contribution in [0, 0.1) is 0 Å². The second-order valence-electron chi connectivity index (χ2n) is 14.8. The molecule has 0 radical (unpaired) electrons. The lowest BCUT2D eigenvalue weighted by molar-refractivity contribution is -0.887. The van der Waals surface area contributed by atoms with Gasteiger partial charge in [-0.15, -0.1) is 11.8 Å². The summed E-state index contributed by atoms with van der Waals surface area (Å²) in [6.45, 7) is 9.86. The Morgan fingerprint density at radius 2 is 0.878 bits per heavy atom. The molecule has 0 spiro atoms. The number of carbonyl (C=O) groups is 3. The van der Waals surface area contributed by atoms with Crippen LogP contribution in [-0.2, 0) is 23.9 Å². The number of rotatable bonds is 37. The highest BCUT2D eigenvalue weighted by atomic mass is 32.2. The molecule has 0 unspecified atom stereocenters. The van der Waals surface area contributed by atoms with Crippen LogP contribution in [0.3, 0.4) is 0 Å². The van der Waals surface area contributed by atoms with Gasteiger partial charge >= 0.3 is 11.9 Å². The molecule has 0 bridgehead atoms. The maximum Gasteiger partial charge on any atom is 0.305 e. The third-order valence-electron chi connectivity index (χ3n) is 9.47. The van der Waals surface area contributed by atoms with Crippen LogP contribution >= 0.6 is 11.8 Å². The van der Waals surface area contributed by atoms with Crippen LogP contribution in [0.2, 0.25) is 0 Å². The van der Waals surface area contributed by atoms with Gasteiger partial charge in [-0.05, 0) is 19.3 Å². The zero-order valence-electron chi connectivity index (χ0n) is 33.2. The third kappa shape index (κ3) is 33.6. The SMILES string of the molecule is CCCCCCCCCCCCCC(=O)OCCN(CCOC(=O)CCCCCCCCCCCCC)C(=O)CSCC[N+](C)(C)CCC. The van der Waals surface area contributed by atoms with Crippen molar-refractivity contribution in [3.8, 4) is 0 Å². The molecule has 0 rings (SSSR count). The average Bonchev–Trinajstić information content (AvgIpc) is 3.07. The standard InChI is InChI=1S/C41H81N2O5S/c1-6-9-11-13-15-17-19-21-23-25-27-29-40(45)47-35-31-42(39(44)38-49-37-34-43(4,5)33-8-3)32-36-48-41(46)30-28-26-24-22-20-18-16-14-12-10-7-2/h6-38H2,1-5H3/q+1. The molecule has 0 atom stereocenters. The lowest BCUT2D eigenvalue weighted by Gasteiger charge is -2.29. The van der Waals surface area contributed by atoms with Crippen LogP contribution in [0.1, 0.15) is 181 Å². The van der Waals surface area contributed by atoms with E-state index in [1.54, 1.807) is 16.7 Å². The van der Waals surface area contributed by atoms with E-state index in [2.05, 4.69) is 34.9 Å². The van der Waals surface area contributed by atoms with E-state index >= 15 is 0 Å². The second-order valence-corrected chi connectivity index (χ2v) is 15.9. The molecule has 0 aliphatic heterocycles. The van der Waals surface area contributed by atoms with Gasteiger partial charge in [0.25, 0.3) is 0 Å². The van der Waals surface area contributed by atoms with Crippen LogP contribution in [0.5, 0.6) is 0 Å². The van der Waals surface area contributed by atoms with E-state index in [0.29, 0.717) is 31.7 Å². The number of thioether (sulfide) groups is 1. The Hall–Kier alpha value is -1.28. The van der Waals surface area contributed by atoms with Gasteiger partial charge in [0.1, 0.15) is 13.2 Å². The summed E-state index contributed by atoms with van der Waals surface area (Å²) < 4.78 is 12.0. The van der Waals surface area contributed by atoms with Crippen LogP contribution in [0.15, 0.2) is 0 Å². The van der Waals surface area contributed by atoms with Gasteiger partial charge < -0.3 is 18.9 Å². The Labute approximate surface area is 308 Å². The maximum absolute atomic E-state index is 13.1. The van der Waals surface area contributed by atoms with Gasteiger partial charge in [-0.3, -0.25) is 14.4 Å². The number of unbranched alkanes of at least 4 members (excludes halogenated alkanes) is 20. The molecule has 0 aromatic heterocycles. The normalized spacial score (nSPS) is 11.5. The summed E-state index contributed by atoms with van der Waals surface area (Å²) in [5.74, 6) is 0.924. The second kappa shape index (κ2) is 35.1. The van der Waals surface area contributed by atoms with Crippen molar-refractivity contribution < 1.29 is 28.3 Å². The third-order valence-corrected chi connectivity index (χ3v) is 10.4. The lowest BCUT2D eigenvalue weighted by Crippen LogP contribution is -2.42. The Bertz CT molecular complexity index is 735. The summed E-state index contributed by atoms with van der Waals surface area (Å²) in [6, 6.07) is 0. The van der Waals surface area contributed by atoms with Crippen molar-refractivity contribution in [1.29, 1.82) is 0 Å². The molecule has 0 saturated heterocycles. The Kier molecular flexibility index (Phi) is 34.2. The first-order valence-electron chi connectivity index (χ1n) is 20.7. The molecule has 0 N–H and O–H groups in total. The summed E-state index contributed by atoms with van der Waals surface area (Å²) in [5, 5.41) is 0. The molecule has 0 fully saturated rings. The van der Waals surface area contributed by atoms with E-state index in [0.717, 1.165) is 55.4 Å². The van der Waals surface area contributed by atoms with E-state index in [9.17, 15) is 14.4 Å². The van der Waals surface area contributed by atoms with Gasteiger partial charge in [-0.1, -0.05) is 149 Å². The van der Waals surface area contributed by atoms with Crippen LogP contribution in [0.4, 0.5) is 0 Å². The minimum absolute atomic E-state index is 0.00798. The quantitative estimate of drug-likeness (QED) is 0.0363. The monoisotopic (exact) mass is 714 g/mol. The predicted molar refractivity (Wildman–Crippen MR) is 210 cm³/mol. The number of quaternary nitrogens is 1. The van der Waals surface area contributed by atoms with E-state index in [1.807, 2.05) is 0 Å². The van der Waals surface area contributed by atoms with Crippen molar-refractivity contribution in [2.24, 2.45) is 0 Å². The molecule has 0 aromatic rings. The molecule has 290 valence electrons. The highest BCUT2D eigenvalue weighted by molar-refractivity contribution is 7.99. The fraction of sp³-hybridized carbons (Fsp3) is 0.927. The van der Waals surface area contributed by atoms with E-state index < -0.39 is 0 Å². The van der Waals surface area contributed by atoms with Gasteiger partial charge in [-0.2, -0.15) is 0 Å². The molecule has 0 saturated carbocycles. The Morgan fingerprint density at radius 1 is 0.510 bits per heavy atom. The number of carbonyl (C=O) groups excluding carboxylic acids is 3. The van der Waals surface area contributed by atoms with Crippen molar-refractivity contribution >= 4 is 29.6 Å². The van der Waals surface area contributed by atoms with Crippen molar-refractivity contribution in [2.75, 3.05) is 65.0 Å². The molecular weight excluding hydrogens is 633 g/mol. The first kappa shape index (κ1) is 47.7. The van der Waals surface area contributed by atoms with Crippen molar-refractivity contribution in [1.82, 2.24) is 4.90 Å². The maximum atomic E-state index is 13.1. The number of hydrogen-bond donors (Lipinski definition) is 0. The average molecular weight is 714 g/mol. The zero-order chi connectivity index (χ0) is 36.3. The van der Waals surface area contributed by atoms with Crippen LogP contribution < -0.4 is 0 Å². The van der Waals surface area contributed by atoms with Crippen molar-refractivity contribution in [3.05, 3.63) is 0 Å². The summed E-state index contributed by atoms with van der Waals surface area (Å²) in [7, 11) is 4.46. The summed E-state index contributed by atoms with van der Waals surface area (Å²) in [4.78, 5) is 39.6. The molecule has 7 nitrogen and oxygen atoms in total. The molecule has 49 heavy (non-hydrogen) atoms.